The van der Waals surface area contributed by atoms with Gasteiger partial charge in [-0.1, -0.05) is 0 Å². The van der Waals surface area contributed by atoms with Crippen molar-refractivity contribution in [3.63, 3.8) is 0 Å². The third-order valence-corrected chi connectivity index (χ3v) is 6.88. The number of carbonyl (C=O) groups is 1. The average molecular weight is 399 g/mol. The number of nitrogens with zero attached hydrogens (tertiary/aromatic N) is 2. The van der Waals surface area contributed by atoms with Gasteiger partial charge in [-0.25, -0.2) is 4.98 Å². The summed E-state index contributed by atoms with van der Waals surface area (Å²) in [6.07, 6.45) is 4.07. The number of fused-ring (bicyclic) bond motifs is 4. The average Bonchev–Trinajstić information content (AvgIpc) is 2.98. The molecule has 21 heavy (non-hydrogen) atoms. The first-order chi connectivity index (χ1) is 10.2. The molecule has 0 aliphatic carbocycles. The summed E-state index contributed by atoms with van der Waals surface area (Å²) in [6, 6.07) is 2.58. The lowest BCUT2D eigenvalue weighted by atomic mass is 9.79. The Balaban J connectivity index is 1.52. The van der Waals surface area contributed by atoms with Gasteiger partial charge in [-0.3, -0.25) is 9.69 Å². The number of piperidine rings is 3. The summed E-state index contributed by atoms with van der Waals surface area (Å²) in [5.74, 6) is 1.39. The molecule has 1 N–H and O–H groups in total. The maximum Gasteiger partial charge on any atom is 0.270 e. The third-order valence-electron chi connectivity index (χ3n) is 4.86. The van der Waals surface area contributed by atoms with Gasteiger partial charge in [0.25, 0.3) is 5.91 Å². The zero-order chi connectivity index (χ0) is 14.4. The summed E-state index contributed by atoms with van der Waals surface area (Å²) in [5, 5.41) is 3.23. The molecule has 1 amide bonds. The fourth-order valence-electron chi connectivity index (χ4n) is 3.60. The molecule has 2 atom stereocenters. The molecule has 5 heterocycles. The van der Waals surface area contributed by atoms with Gasteiger partial charge < -0.3 is 10.1 Å². The van der Waals surface area contributed by atoms with Gasteiger partial charge in [0, 0.05) is 12.1 Å². The van der Waals surface area contributed by atoms with Gasteiger partial charge in [0.15, 0.2) is 5.75 Å². The van der Waals surface area contributed by atoms with Gasteiger partial charge in [-0.15, -0.1) is 0 Å². The number of hydrogen-bond acceptors (Lipinski definition) is 4. The molecule has 3 saturated heterocycles. The van der Waals surface area contributed by atoms with Gasteiger partial charge in [-0.05, 0) is 65.6 Å². The van der Waals surface area contributed by atoms with E-state index < -0.39 is 0 Å². The largest absolute Gasteiger partial charge is 0.456 e. The van der Waals surface area contributed by atoms with Crippen LogP contribution in [-0.4, -0.2) is 45.2 Å². The van der Waals surface area contributed by atoms with Crippen LogP contribution in [0.3, 0.4) is 0 Å². The van der Waals surface area contributed by atoms with Crippen molar-refractivity contribution >= 4 is 30.8 Å². The van der Waals surface area contributed by atoms with E-state index >= 15 is 0 Å². The molecule has 112 valence electrons. The van der Waals surface area contributed by atoms with Crippen molar-refractivity contribution in [2.24, 2.45) is 5.92 Å². The van der Waals surface area contributed by atoms with E-state index in [-0.39, 0.29) is 32.7 Å². The summed E-state index contributed by atoms with van der Waals surface area (Å²) in [4.78, 5) is 19.2. The second kappa shape index (κ2) is 5.31. The molecule has 1 aromatic heterocycles. The Morgan fingerprint density at radius 3 is 3.05 bits per heavy atom. The first-order valence-electron chi connectivity index (χ1n) is 7.39. The topological polar surface area (TPSA) is 54.5 Å². The number of nitrogens with one attached hydrogen (secondary N) is 1. The van der Waals surface area contributed by atoms with Crippen LogP contribution in [0.4, 0.5) is 0 Å². The molecule has 5 rings (SSSR count). The third kappa shape index (κ3) is 2.38. The summed E-state index contributed by atoms with van der Waals surface area (Å²) >= 11 is -0.230. The van der Waals surface area contributed by atoms with Crippen LogP contribution in [0.25, 0.3) is 0 Å². The molecular formula is C15H18IN3O2. The molecule has 2 bridgehead atoms. The zero-order valence-electron chi connectivity index (χ0n) is 11.9. The van der Waals surface area contributed by atoms with Crippen molar-refractivity contribution in [2.75, 3.05) is 13.1 Å². The highest BCUT2D eigenvalue weighted by Gasteiger charge is 2.40. The molecular weight excluding hydrogens is 381 g/mol. The monoisotopic (exact) mass is 399 g/mol. The maximum atomic E-state index is 12.5. The van der Waals surface area contributed by atoms with E-state index in [2.05, 4.69) is 22.1 Å². The number of aromatic nitrogens is 1. The fraction of sp³-hybridized carbons (Fsp3) is 0.533. The van der Waals surface area contributed by atoms with E-state index in [1.807, 2.05) is 10.3 Å². The first-order valence-corrected chi connectivity index (χ1v) is 9.71. The van der Waals surface area contributed by atoms with Crippen molar-refractivity contribution in [2.45, 2.75) is 31.8 Å². The van der Waals surface area contributed by atoms with Crippen LogP contribution in [0.2, 0.25) is 0 Å². The molecule has 0 saturated carbocycles. The predicted molar refractivity (Wildman–Crippen MR) is 88.7 cm³/mol. The second-order valence-corrected chi connectivity index (χ2v) is 8.22. The van der Waals surface area contributed by atoms with E-state index in [0.717, 1.165) is 9.32 Å². The lowest BCUT2D eigenvalue weighted by molar-refractivity contribution is 0.0216. The van der Waals surface area contributed by atoms with Crippen LogP contribution >= 0.6 is 20.7 Å². The Morgan fingerprint density at radius 1 is 1.48 bits per heavy atom. The van der Waals surface area contributed by atoms with Crippen LogP contribution in [0, 0.1) is 9.49 Å². The minimum absolute atomic E-state index is 0.0423. The van der Waals surface area contributed by atoms with Crippen molar-refractivity contribution in [1.29, 1.82) is 0 Å². The Morgan fingerprint density at radius 2 is 2.29 bits per heavy atom. The molecule has 0 aromatic carbocycles. The number of ether oxygens (including phenoxy) is 1. The number of pyridine rings is 1. The van der Waals surface area contributed by atoms with E-state index in [1.54, 1.807) is 6.20 Å². The Labute approximate surface area is 133 Å². The van der Waals surface area contributed by atoms with Crippen LogP contribution in [-0.2, 0) is 0 Å². The normalized spacial score (nSPS) is 33.0. The van der Waals surface area contributed by atoms with Crippen LogP contribution in [0.1, 0.15) is 30.3 Å². The Hall–Kier alpha value is -1.02. The highest BCUT2D eigenvalue weighted by atomic mass is 127. The SMILES string of the molecule is C[C@H]1[C@H](NC(=O)c2cc3c(cn2)OC=I3)C2CCN1CC2. The standard InChI is InChI=1S/C15H18IN3O2/c1-9-14(10-2-4-19(9)5-3-10)18-15(20)12-6-11-13(7-17-12)21-8-16-11/h6-10,14H,2-5H2,1H3,(H,18,20)/t9-,14-/m0/s1. The molecule has 5 nitrogen and oxygen atoms in total. The zero-order valence-corrected chi connectivity index (χ0v) is 14.0. The number of halogens is 1. The highest BCUT2D eigenvalue weighted by Crippen LogP contribution is 2.32. The Bertz CT molecular complexity index is 609. The van der Waals surface area contributed by atoms with Crippen molar-refractivity contribution in [3.8, 4) is 5.75 Å². The van der Waals surface area contributed by atoms with Gasteiger partial charge in [-0.2, -0.15) is 0 Å². The van der Waals surface area contributed by atoms with Crippen LogP contribution in [0.5, 0.6) is 5.75 Å². The minimum Gasteiger partial charge on any atom is -0.456 e. The van der Waals surface area contributed by atoms with E-state index in [1.165, 1.54) is 25.9 Å². The lowest BCUT2D eigenvalue weighted by Crippen LogP contribution is -2.62. The Kier molecular flexibility index (Phi) is 3.45. The predicted octanol–water partition coefficient (Wildman–Crippen LogP) is 1.59. The van der Waals surface area contributed by atoms with Gasteiger partial charge in [0.05, 0.1) is 9.77 Å². The lowest BCUT2D eigenvalue weighted by Gasteiger charge is -2.49. The summed E-state index contributed by atoms with van der Waals surface area (Å²) in [6.45, 7) is 4.57. The van der Waals surface area contributed by atoms with Crippen LogP contribution < -0.4 is 10.1 Å². The van der Waals surface area contributed by atoms with Gasteiger partial charge >= 0.3 is 0 Å². The molecule has 4 aliphatic heterocycles. The van der Waals surface area contributed by atoms with Gasteiger partial charge in [0.2, 0.25) is 0 Å². The van der Waals surface area contributed by atoms with E-state index in [0.29, 0.717) is 17.7 Å². The van der Waals surface area contributed by atoms with Crippen molar-refractivity contribution in [3.05, 3.63) is 21.5 Å². The number of rotatable bonds is 2. The van der Waals surface area contributed by atoms with Crippen molar-refractivity contribution in [1.82, 2.24) is 15.2 Å². The van der Waals surface area contributed by atoms with E-state index in [4.69, 9.17) is 4.74 Å². The maximum absolute atomic E-state index is 12.5. The summed E-state index contributed by atoms with van der Waals surface area (Å²) < 4.78 is 8.36. The first kappa shape index (κ1) is 13.6. The molecule has 0 radical (unpaired) electrons. The van der Waals surface area contributed by atoms with Crippen LogP contribution in [0.15, 0.2) is 12.3 Å². The van der Waals surface area contributed by atoms with Gasteiger partial charge in [0.1, 0.15) is 9.89 Å². The highest BCUT2D eigenvalue weighted by molar-refractivity contribution is 14.2. The molecule has 6 heteroatoms. The summed E-state index contributed by atoms with van der Waals surface area (Å²) in [7, 11) is 0. The quantitative estimate of drug-likeness (QED) is 0.768. The number of hydrogen-bond donors (Lipinski definition) is 1. The summed E-state index contributed by atoms with van der Waals surface area (Å²) in [5.41, 5.74) is 0.524. The molecule has 1 aromatic rings. The smallest absolute Gasteiger partial charge is 0.270 e. The molecule has 0 unspecified atom stereocenters. The minimum atomic E-state index is -0.230. The molecule has 4 aliphatic rings. The van der Waals surface area contributed by atoms with E-state index in [9.17, 15) is 4.79 Å². The number of carbonyl (C=O) groups excluding carboxylic acids is 1. The number of amides is 1. The second-order valence-electron chi connectivity index (χ2n) is 5.93. The molecule has 0 spiro atoms. The van der Waals surface area contributed by atoms with Crippen molar-refractivity contribution < 1.29 is 9.53 Å². The fourth-order valence-corrected chi connectivity index (χ4v) is 5.33. The molecule has 3 fully saturated rings.